The molecule has 10 unspecified atom stereocenters. The van der Waals surface area contributed by atoms with Crippen molar-refractivity contribution in [1.82, 2.24) is 4.90 Å². The van der Waals surface area contributed by atoms with Crippen LogP contribution in [0.3, 0.4) is 0 Å². The predicted octanol–water partition coefficient (Wildman–Crippen LogP) is 15.2. The summed E-state index contributed by atoms with van der Waals surface area (Å²) in [5.74, 6) is 5.33. The van der Waals surface area contributed by atoms with Crippen molar-refractivity contribution >= 4 is 0 Å². The van der Waals surface area contributed by atoms with Crippen LogP contribution in [0, 0.1) is 46.3 Å². The molecule has 0 bridgehead atoms. The molecule has 0 aromatic rings. The number of rotatable bonds is 38. The molecule has 68 heavy (non-hydrogen) atoms. The van der Waals surface area contributed by atoms with Gasteiger partial charge in [0.25, 0.3) is 0 Å². The largest absolute Gasteiger partial charge is 0.379 e. The van der Waals surface area contributed by atoms with Crippen LogP contribution in [-0.4, -0.2) is 102 Å². The Morgan fingerprint density at radius 1 is 0.676 bits per heavy atom. The SMILES string of the molecule is CCCCCC=CCC=CCCCCCCCCOCC(CN1CCCC1C)OCCOCCOCCOCCOC1CCC2(C)C(=CCC3C2CCC2(C)C(C(C)CCCC(C)C)CCC32)C1. The maximum absolute atomic E-state index is 6.45. The first kappa shape index (κ1) is 57.8. The van der Waals surface area contributed by atoms with Gasteiger partial charge in [-0.05, 0) is 163 Å². The van der Waals surface area contributed by atoms with Crippen LogP contribution in [0.15, 0.2) is 36.0 Å². The Labute approximate surface area is 420 Å². The fourth-order valence-corrected chi connectivity index (χ4v) is 14.0. The Hall–Kier alpha value is -1.06. The lowest BCUT2D eigenvalue weighted by molar-refractivity contribution is -0.0697. The summed E-state index contributed by atoms with van der Waals surface area (Å²) < 4.78 is 36.6. The first-order chi connectivity index (χ1) is 33.2. The number of allylic oxidation sites excluding steroid dienone is 5. The number of hydrogen-bond donors (Lipinski definition) is 0. The zero-order chi connectivity index (χ0) is 48.3. The summed E-state index contributed by atoms with van der Waals surface area (Å²) in [5, 5.41) is 0. The van der Waals surface area contributed by atoms with Crippen LogP contribution in [0.4, 0.5) is 0 Å². The van der Waals surface area contributed by atoms with Gasteiger partial charge in [0.1, 0.15) is 0 Å². The van der Waals surface area contributed by atoms with Gasteiger partial charge in [0.15, 0.2) is 0 Å². The van der Waals surface area contributed by atoms with E-state index in [0.717, 1.165) is 74.5 Å². The molecule has 1 aliphatic heterocycles. The van der Waals surface area contributed by atoms with Crippen molar-refractivity contribution in [3.05, 3.63) is 36.0 Å². The van der Waals surface area contributed by atoms with Crippen LogP contribution >= 0.6 is 0 Å². The van der Waals surface area contributed by atoms with Gasteiger partial charge in [-0.15, -0.1) is 0 Å². The molecule has 5 rings (SSSR count). The van der Waals surface area contributed by atoms with Crippen molar-refractivity contribution in [1.29, 1.82) is 0 Å². The fourth-order valence-electron chi connectivity index (χ4n) is 14.0. The number of hydrogen-bond acceptors (Lipinski definition) is 7. The summed E-state index contributed by atoms with van der Waals surface area (Å²) in [4.78, 5) is 2.56. The molecule has 7 nitrogen and oxygen atoms in total. The Bertz CT molecular complexity index is 1400. The van der Waals surface area contributed by atoms with Crippen molar-refractivity contribution in [2.75, 3.05) is 79.2 Å². The van der Waals surface area contributed by atoms with Crippen molar-refractivity contribution in [2.24, 2.45) is 46.3 Å². The molecule has 1 heterocycles. The monoisotopic (exact) mass is 952 g/mol. The van der Waals surface area contributed by atoms with Gasteiger partial charge in [-0.2, -0.15) is 0 Å². The maximum atomic E-state index is 6.45. The average molecular weight is 953 g/mol. The lowest BCUT2D eigenvalue weighted by Gasteiger charge is -2.58. The zero-order valence-corrected chi connectivity index (χ0v) is 45.6. The minimum absolute atomic E-state index is 0.0864. The van der Waals surface area contributed by atoms with E-state index >= 15 is 0 Å². The number of fused-ring (bicyclic) bond motifs is 5. The summed E-state index contributed by atoms with van der Waals surface area (Å²) >= 11 is 0. The first-order valence-electron chi connectivity index (χ1n) is 29.4. The quantitative estimate of drug-likeness (QED) is 0.0451. The van der Waals surface area contributed by atoms with Gasteiger partial charge in [-0.25, -0.2) is 0 Å². The molecule has 0 aromatic carbocycles. The summed E-state index contributed by atoms with van der Waals surface area (Å²) in [6.07, 6.45) is 45.2. The molecular formula is C61H109NO6. The zero-order valence-electron chi connectivity index (χ0n) is 45.6. The topological polar surface area (TPSA) is 58.6 Å². The normalized spacial score (nSPS) is 29.5. The second kappa shape index (κ2) is 32.9. The van der Waals surface area contributed by atoms with Crippen LogP contribution in [0.1, 0.15) is 209 Å². The van der Waals surface area contributed by atoms with Crippen LogP contribution in [0.2, 0.25) is 0 Å². The van der Waals surface area contributed by atoms with E-state index in [2.05, 4.69) is 83.7 Å². The second-order valence-corrected chi connectivity index (χ2v) is 23.5. The van der Waals surface area contributed by atoms with E-state index < -0.39 is 0 Å². The predicted molar refractivity (Wildman–Crippen MR) is 285 cm³/mol. The van der Waals surface area contributed by atoms with Crippen molar-refractivity contribution in [3.8, 4) is 0 Å². The Morgan fingerprint density at radius 3 is 2.07 bits per heavy atom. The highest BCUT2D eigenvalue weighted by Crippen LogP contribution is 2.67. The Morgan fingerprint density at radius 2 is 1.37 bits per heavy atom. The van der Waals surface area contributed by atoms with E-state index in [0.29, 0.717) is 82.4 Å². The van der Waals surface area contributed by atoms with Crippen LogP contribution in [-0.2, 0) is 28.4 Å². The third kappa shape index (κ3) is 19.4. The molecule has 5 aliphatic rings. The molecule has 0 amide bonds. The lowest BCUT2D eigenvalue weighted by Crippen LogP contribution is -2.51. The highest BCUT2D eigenvalue weighted by Gasteiger charge is 2.59. The van der Waals surface area contributed by atoms with Gasteiger partial charge in [0.2, 0.25) is 0 Å². The highest BCUT2D eigenvalue weighted by molar-refractivity contribution is 5.25. The molecule has 3 saturated carbocycles. The molecule has 1 saturated heterocycles. The summed E-state index contributed by atoms with van der Waals surface area (Å²) in [7, 11) is 0. The highest BCUT2D eigenvalue weighted by atomic mass is 16.6. The van der Waals surface area contributed by atoms with E-state index in [4.69, 9.17) is 28.4 Å². The van der Waals surface area contributed by atoms with Gasteiger partial charge in [-0.3, -0.25) is 4.90 Å². The van der Waals surface area contributed by atoms with Gasteiger partial charge in [0.05, 0.1) is 71.7 Å². The number of nitrogens with zero attached hydrogens (tertiary/aromatic N) is 1. The minimum atomic E-state index is 0.0864. The smallest absolute Gasteiger partial charge is 0.0936 e. The molecule has 4 aliphatic carbocycles. The van der Waals surface area contributed by atoms with Crippen molar-refractivity contribution < 1.29 is 28.4 Å². The third-order valence-electron chi connectivity index (χ3n) is 18.1. The summed E-state index contributed by atoms with van der Waals surface area (Å²) in [5.41, 5.74) is 2.66. The molecule has 0 radical (unpaired) electrons. The van der Waals surface area contributed by atoms with Gasteiger partial charge in [-0.1, -0.05) is 135 Å². The molecule has 394 valence electrons. The number of unbranched alkanes of at least 4 members (excludes halogenated alkanes) is 9. The first-order valence-corrected chi connectivity index (χ1v) is 29.4. The Kier molecular flexibility index (Phi) is 28.0. The summed E-state index contributed by atoms with van der Waals surface area (Å²) in [6, 6.07) is 0.627. The average Bonchev–Trinajstić information content (AvgIpc) is 3.91. The Balaban J connectivity index is 0.839. The lowest BCUT2D eigenvalue weighted by atomic mass is 9.47. The molecular weight excluding hydrogens is 843 g/mol. The van der Waals surface area contributed by atoms with Gasteiger partial charge < -0.3 is 28.4 Å². The molecule has 4 fully saturated rings. The van der Waals surface area contributed by atoms with E-state index in [9.17, 15) is 0 Å². The van der Waals surface area contributed by atoms with Crippen LogP contribution < -0.4 is 0 Å². The van der Waals surface area contributed by atoms with Crippen LogP contribution in [0.5, 0.6) is 0 Å². The standard InChI is InChI=1S/C61H109NO6/c1-8-9-10-11-12-13-14-15-16-17-18-19-20-21-22-23-38-66-49-55(48-62-37-25-28-52(62)5)68-46-44-65-42-40-63-39-41-64-43-45-67-54-33-35-60(6)53(47-54)29-30-56-58-32-31-57(51(4)27-24-26-50(2)3)61(58,7)36-34-59(56)60/h12-13,15-16,29,50-52,54-59H,8-11,14,17-28,30-49H2,1-7H3. The minimum Gasteiger partial charge on any atom is -0.379 e. The van der Waals surface area contributed by atoms with E-state index in [1.807, 2.05) is 0 Å². The molecule has 0 spiro atoms. The van der Waals surface area contributed by atoms with Crippen molar-refractivity contribution in [3.63, 3.8) is 0 Å². The van der Waals surface area contributed by atoms with Gasteiger partial charge >= 0.3 is 0 Å². The molecule has 7 heteroatoms. The van der Waals surface area contributed by atoms with Crippen LogP contribution in [0.25, 0.3) is 0 Å². The molecule has 10 atom stereocenters. The number of ether oxygens (including phenoxy) is 6. The molecule has 0 N–H and O–H groups in total. The van der Waals surface area contributed by atoms with E-state index in [1.54, 1.807) is 5.57 Å². The van der Waals surface area contributed by atoms with E-state index in [1.165, 1.54) is 141 Å². The second-order valence-electron chi connectivity index (χ2n) is 23.5. The third-order valence-corrected chi connectivity index (χ3v) is 18.1. The van der Waals surface area contributed by atoms with E-state index in [-0.39, 0.29) is 6.10 Å². The molecule has 0 aromatic heterocycles. The van der Waals surface area contributed by atoms with Gasteiger partial charge in [0, 0.05) is 19.2 Å². The fraction of sp³-hybridized carbons (Fsp3) is 0.902. The maximum Gasteiger partial charge on any atom is 0.0936 e. The summed E-state index contributed by atoms with van der Waals surface area (Å²) in [6.45, 7) is 25.7. The number of likely N-dealkylation sites (tertiary alicyclic amines) is 1. The van der Waals surface area contributed by atoms with Crippen molar-refractivity contribution in [2.45, 2.75) is 227 Å².